The lowest BCUT2D eigenvalue weighted by Gasteiger charge is -2.10. The number of pyridine rings is 1. The van der Waals surface area contributed by atoms with Gasteiger partial charge in [-0.3, -0.25) is 4.79 Å². The first kappa shape index (κ1) is 15.5. The highest BCUT2D eigenvalue weighted by Crippen LogP contribution is 2.18. The van der Waals surface area contributed by atoms with Crippen molar-refractivity contribution < 1.29 is 14.3 Å². The summed E-state index contributed by atoms with van der Waals surface area (Å²) in [6.07, 6.45) is 4.24. The van der Waals surface area contributed by atoms with E-state index in [0.717, 1.165) is 30.8 Å². The fraction of sp³-hybridized carbons (Fsp3) is 0.333. The molecule has 120 valence electrons. The number of amides is 1. The number of para-hydroxylation sites is 1. The second-order valence-electron chi connectivity index (χ2n) is 5.54. The standard InChI is InChI=1S/C18H20N2O3/c21-17(11-16-7-4-10-22-16)19-12-14-8-9-18(20-13-14)23-15-5-2-1-3-6-15/h1-3,5-6,8-9,13,16H,4,7,10-12H2,(H,19,21)/t16-/m1/s1. The number of carbonyl (C=O) groups is 1. The second kappa shape index (κ2) is 7.74. The van der Waals surface area contributed by atoms with Crippen LogP contribution in [-0.2, 0) is 16.1 Å². The van der Waals surface area contributed by atoms with Crippen LogP contribution in [0.15, 0.2) is 48.7 Å². The van der Waals surface area contributed by atoms with Gasteiger partial charge < -0.3 is 14.8 Å². The van der Waals surface area contributed by atoms with Crippen molar-refractivity contribution in [2.45, 2.75) is 31.9 Å². The molecule has 5 nitrogen and oxygen atoms in total. The maximum Gasteiger partial charge on any atom is 0.222 e. The summed E-state index contributed by atoms with van der Waals surface area (Å²) in [6.45, 7) is 1.23. The van der Waals surface area contributed by atoms with Crippen molar-refractivity contribution in [3.05, 3.63) is 54.2 Å². The van der Waals surface area contributed by atoms with E-state index in [4.69, 9.17) is 9.47 Å². The molecule has 2 aromatic rings. The monoisotopic (exact) mass is 312 g/mol. The molecule has 0 aliphatic carbocycles. The lowest BCUT2D eigenvalue weighted by molar-refractivity contribution is -0.123. The van der Waals surface area contributed by atoms with Crippen LogP contribution in [0.25, 0.3) is 0 Å². The minimum atomic E-state index is 0.0153. The maximum atomic E-state index is 11.8. The maximum absolute atomic E-state index is 11.8. The SMILES string of the molecule is O=C(C[C@H]1CCCO1)NCc1ccc(Oc2ccccc2)nc1. The summed E-state index contributed by atoms with van der Waals surface area (Å²) < 4.78 is 11.1. The molecule has 1 aromatic heterocycles. The Morgan fingerprint density at radius 2 is 2.13 bits per heavy atom. The van der Waals surface area contributed by atoms with E-state index in [9.17, 15) is 4.79 Å². The number of carbonyl (C=O) groups excluding carboxylic acids is 1. The number of nitrogens with one attached hydrogen (secondary N) is 1. The van der Waals surface area contributed by atoms with Gasteiger partial charge in [-0.2, -0.15) is 0 Å². The first-order valence-electron chi connectivity index (χ1n) is 7.86. The normalized spacial score (nSPS) is 17.0. The van der Waals surface area contributed by atoms with E-state index in [-0.39, 0.29) is 12.0 Å². The quantitative estimate of drug-likeness (QED) is 0.890. The summed E-state index contributed by atoms with van der Waals surface area (Å²) >= 11 is 0. The molecular formula is C18H20N2O3. The van der Waals surface area contributed by atoms with E-state index in [1.54, 1.807) is 12.3 Å². The van der Waals surface area contributed by atoms with Crippen LogP contribution in [0.3, 0.4) is 0 Å². The van der Waals surface area contributed by atoms with Crippen molar-refractivity contribution in [2.24, 2.45) is 0 Å². The number of ether oxygens (including phenoxy) is 2. The van der Waals surface area contributed by atoms with Gasteiger partial charge in [0, 0.05) is 25.4 Å². The average molecular weight is 312 g/mol. The Morgan fingerprint density at radius 3 is 2.83 bits per heavy atom. The van der Waals surface area contributed by atoms with Gasteiger partial charge in [0.1, 0.15) is 5.75 Å². The van der Waals surface area contributed by atoms with Crippen molar-refractivity contribution in [1.82, 2.24) is 10.3 Å². The van der Waals surface area contributed by atoms with Gasteiger partial charge in [-0.25, -0.2) is 4.98 Å². The molecule has 0 unspecified atom stereocenters. The third kappa shape index (κ3) is 4.79. The topological polar surface area (TPSA) is 60.5 Å². The molecule has 1 atom stereocenters. The molecule has 1 aliphatic rings. The zero-order valence-corrected chi connectivity index (χ0v) is 12.9. The predicted molar refractivity (Wildman–Crippen MR) is 86.2 cm³/mol. The molecule has 3 rings (SSSR count). The van der Waals surface area contributed by atoms with E-state index in [1.807, 2.05) is 36.4 Å². The van der Waals surface area contributed by atoms with Crippen LogP contribution in [0.5, 0.6) is 11.6 Å². The molecule has 1 N–H and O–H groups in total. The van der Waals surface area contributed by atoms with Crippen LogP contribution < -0.4 is 10.1 Å². The summed E-state index contributed by atoms with van der Waals surface area (Å²) in [6, 6.07) is 13.2. The van der Waals surface area contributed by atoms with Gasteiger partial charge >= 0.3 is 0 Å². The van der Waals surface area contributed by atoms with E-state index in [0.29, 0.717) is 18.8 Å². The minimum Gasteiger partial charge on any atom is -0.439 e. The van der Waals surface area contributed by atoms with Gasteiger partial charge in [-0.1, -0.05) is 24.3 Å². The highest BCUT2D eigenvalue weighted by atomic mass is 16.5. The van der Waals surface area contributed by atoms with Crippen molar-refractivity contribution in [1.29, 1.82) is 0 Å². The average Bonchev–Trinajstić information content (AvgIpc) is 3.08. The second-order valence-corrected chi connectivity index (χ2v) is 5.54. The van der Waals surface area contributed by atoms with Crippen molar-refractivity contribution in [3.8, 4) is 11.6 Å². The van der Waals surface area contributed by atoms with Crippen LogP contribution >= 0.6 is 0 Å². The van der Waals surface area contributed by atoms with Crippen LogP contribution in [-0.4, -0.2) is 23.6 Å². The highest BCUT2D eigenvalue weighted by Gasteiger charge is 2.18. The van der Waals surface area contributed by atoms with Crippen molar-refractivity contribution in [2.75, 3.05) is 6.61 Å². The van der Waals surface area contributed by atoms with Crippen molar-refractivity contribution >= 4 is 5.91 Å². The smallest absolute Gasteiger partial charge is 0.222 e. The molecule has 0 saturated carbocycles. The number of hydrogen-bond donors (Lipinski definition) is 1. The molecular weight excluding hydrogens is 292 g/mol. The summed E-state index contributed by atoms with van der Waals surface area (Å²) in [4.78, 5) is 16.1. The summed E-state index contributed by atoms with van der Waals surface area (Å²) in [5, 5.41) is 2.90. The third-order valence-electron chi connectivity index (χ3n) is 3.69. The molecule has 5 heteroatoms. The molecule has 1 aromatic carbocycles. The first-order valence-corrected chi connectivity index (χ1v) is 7.86. The fourth-order valence-corrected chi connectivity index (χ4v) is 2.47. The Bertz CT molecular complexity index is 622. The molecule has 23 heavy (non-hydrogen) atoms. The molecule has 0 bridgehead atoms. The van der Waals surface area contributed by atoms with Gasteiger partial charge in [0.2, 0.25) is 11.8 Å². The van der Waals surface area contributed by atoms with Gasteiger partial charge in [0.15, 0.2) is 0 Å². The zero-order valence-electron chi connectivity index (χ0n) is 12.9. The van der Waals surface area contributed by atoms with E-state index in [1.165, 1.54) is 0 Å². The van der Waals surface area contributed by atoms with Gasteiger partial charge in [-0.05, 0) is 30.5 Å². The lowest BCUT2D eigenvalue weighted by Crippen LogP contribution is -2.26. The Labute approximate surface area is 135 Å². The van der Waals surface area contributed by atoms with Crippen LogP contribution in [0.4, 0.5) is 0 Å². The number of benzene rings is 1. The van der Waals surface area contributed by atoms with Crippen LogP contribution in [0, 0.1) is 0 Å². The number of rotatable bonds is 6. The van der Waals surface area contributed by atoms with Gasteiger partial charge in [0.25, 0.3) is 0 Å². The third-order valence-corrected chi connectivity index (χ3v) is 3.69. The van der Waals surface area contributed by atoms with Crippen molar-refractivity contribution in [3.63, 3.8) is 0 Å². The first-order chi connectivity index (χ1) is 11.3. The number of aromatic nitrogens is 1. The molecule has 1 fully saturated rings. The van der Waals surface area contributed by atoms with Crippen LogP contribution in [0.2, 0.25) is 0 Å². The molecule has 1 amide bonds. The molecule has 0 spiro atoms. The Kier molecular flexibility index (Phi) is 5.21. The molecule has 1 aliphatic heterocycles. The molecule has 0 radical (unpaired) electrons. The van der Waals surface area contributed by atoms with E-state index in [2.05, 4.69) is 10.3 Å². The fourth-order valence-electron chi connectivity index (χ4n) is 2.47. The van der Waals surface area contributed by atoms with Gasteiger partial charge in [-0.15, -0.1) is 0 Å². The molecule has 1 saturated heterocycles. The Morgan fingerprint density at radius 1 is 1.26 bits per heavy atom. The summed E-state index contributed by atoms with van der Waals surface area (Å²) in [5.74, 6) is 1.30. The minimum absolute atomic E-state index is 0.0153. The number of hydrogen-bond acceptors (Lipinski definition) is 4. The zero-order chi connectivity index (χ0) is 15.9. The summed E-state index contributed by atoms with van der Waals surface area (Å²) in [5.41, 5.74) is 0.936. The lowest BCUT2D eigenvalue weighted by atomic mass is 10.2. The van der Waals surface area contributed by atoms with E-state index >= 15 is 0 Å². The van der Waals surface area contributed by atoms with Gasteiger partial charge in [0.05, 0.1) is 12.5 Å². The predicted octanol–water partition coefficient (Wildman–Crippen LogP) is 3.06. The summed E-state index contributed by atoms with van der Waals surface area (Å²) in [7, 11) is 0. The Balaban J connectivity index is 1.46. The number of nitrogens with zero attached hydrogens (tertiary/aromatic N) is 1. The molecule has 2 heterocycles. The van der Waals surface area contributed by atoms with Crippen LogP contribution in [0.1, 0.15) is 24.8 Å². The largest absolute Gasteiger partial charge is 0.439 e. The highest BCUT2D eigenvalue weighted by molar-refractivity contribution is 5.76. The Hall–Kier alpha value is -2.40. The van der Waals surface area contributed by atoms with E-state index < -0.39 is 0 Å².